The Morgan fingerprint density at radius 1 is 1.24 bits per heavy atom. The topological polar surface area (TPSA) is 75.8 Å². The molecule has 1 aliphatic heterocycles. The third-order valence-electron chi connectivity index (χ3n) is 5.03. The summed E-state index contributed by atoms with van der Waals surface area (Å²) in [5.41, 5.74) is -0.449. The second kappa shape index (κ2) is 7.67. The quantitative estimate of drug-likeness (QED) is 0.730. The second-order valence-electron chi connectivity index (χ2n) is 7.38. The summed E-state index contributed by atoms with van der Waals surface area (Å²) in [6.45, 7) is 2.19. The maximum absolute atomic E-state index is 13.1. The molecular weight excluding hydrogens is 375 g/mol. The molecule has 0 bridgehead atoms. The fourth-order valence-corrected chi connectivity index (χ4v) is 3.46. The number of ether oxygens (including phenoxy) is 1. The van der Waals surface area contributed by atoms with Gasteiger partial charge in [-0.1, -0.05) is 23.4 Å². The molecule has 1 amide bonds. The van der Waals surface area contributed by atoms with Crippen LogP contribution in [-0.2, 0) is 0 Å². The van der Waals surface area contributed by atoms with Gasteiger partial charge < -0.3 is 19.3 Å². The smallest absolute Gasteiger partial charge is 0.276 e. The highest BCUT2D eigenvalue weighted by molar-refractivity contribution is 5.93. The number of piperidine rings is 1. The van der Waals surface area contributed by atoms with E-state index in [1.165, 1.54) is 23.1 Å². The number of rotatable bonds is 4. The first-order valence-corrected chi connectivity index (χ1v) is 9.38. The molecule has 0 spiro atoms. The van der Waals surface area contributed by atoms with Gasteiger partial charge in [-0.05, 0) is 43.3 Å². The van der Waals surface area contributed by atoms with Crippen molar-refractivity contribution in [1.29, 1.82) is 0 Å². The van der Waals surface area contributed by atoms with Gasteiger partial charge in [0.1, 0.15) is 23.3 Å². The summed E-state index contributed by atoms with van der Waals surface area (Å²) in [4.78, 5) is 14.4. The minimum Gasteiger partial charge on any atom is -0.487 e. The van der Waals surface area contributed by atoms with Crippen molar-refractivity contribution in [3.05, 3.63) is 72.2 Å². The molecule has 1 fully saturated rings. The lowest BCUT2D eigenvalue weighted by molar-refractivity contribution is -0.0900. The number of likely N-dealkylation sites (tertiary alicyclic amines) is 1. The highest BCUT2D eigenvalue weighted by Gasteiger charge is 2.42. The van der Waals surface area contributed by atoms with Gasteiger partial charge in [0, 0.05) is 24.6 Å². The Kier molecular flexibility index (Phi) is 5.07. The van der Waals surface area contributed by atoms with Gasteiger partial charge in [-0.3, -0.25) is 4.79 Å². The number of carbonyl (C=O) groups excluding carboxylic acids is 1. The Morgan fingerprint density at radius 3 is 2.66 bits per heavy atom. The SMILES string of the molecule is C[C@]1(O)CN(C(=O)c2cc(-c3ccc(F)cc3)on2)CC[C@@H]1Oc1ccccc1. The van der Waals surface area contributed by atoms with Crippen molar-refractivity contribution in [3.8, 4) is 17.1 Å². The van der Waals surface area contributed by atoms with Crippen LogP contribution in [0.2, 0.25) is 0 Å². The van der Waals surface area contributed by atoms with Crippen molar-refractivity contribution in [1.82, 2.24) is 10.1 Å². The van der Waals surface area contributed by atoms with Crippen LogP contribution in [0.15, 0.2) is 65.2 Å². The van der Waals surface area contributed by atoms with Crippen LogP contribution in [-0.4, -0.2) is 45.9 Å². The predicted octanol–water partition coefficient (Wildman–Crippen LogP) is 3.53. The van der Waals surface area contributed by atoms with Crippen molar-refractivity contribution in [2.45, 2.75) is 25.0 Å². The number of para-hydroxylation sites is 1. The van der Waals surface area contributed by atoms with Crippen LogP contribution >= 0.6 is 0 Å². The molecule has 0 saturated carbocycles. The predicted molar refractivity (Wildman–Crippen MR) is 104 cm³/mol. The second-order valence-corrected chi connectivity index (χ2v) is 7.38. The molecule has 7 heteroatoms. The zero-order chi connectivity index (χ0) is 20.4. The van der Waals surface area contributed by atoms with Gasteiger partial charge in [0.25, 0.3) is 5.91 Å². The molecule has 2 heterocycles. The van der Waals surface area contributed by atoms with Gasteiger partial charge in [0.15, 0.2) is 11.5 Å². The molecule has 1 aliphatic rings. The maximum Gasteiger partial charge on any atom is 0.276 e. The number of aromatic nitrogens is 1. The fourth-order valence-electron chi connectivity index (χ4n) is 3.46. The summed E-state index contributed by atoms with van der Waals surface area (Å²) < 4.78 is 24.3. The van der Waals surface area contributed by atoms with Gasteiger partial charge >= 0.3 is 0 Å². The first kappa shape index (κ1) is 19.1. The highest BCUT2D eigenvalue weighted by atomic mass is 19.1. The van der Waals surface area contributed by atoms with E-state index in [1.54, 1.807) is 19.1 Å². The van der Waals surface area contributed by atoms with E-state index in [0.29, 0.717) is 30.0 Å². The molecular formula is C22H21FN2O4. The maximum atomic E-state index is 13.1. The minimum absolute atomic E-state index is 0.113. The summed E-state index contributed by atoms with van der Waals surface area (Å²) in [6, 6.07) is 16.6. The number of hydrogen-bond donors (Lipinski definition) is 1. The summed E-state index contributed by atoms with van der Waals surface area (Å²) in [6.07, 6.45) is 0.0528. The molecule has 1 aromatic heterocycles. The van der Waals surface area contributed by atoms with Crippen molar-refractivity contribution in [3.63, 3.8) is 0 Å². The number of hydrogen-bond acceptors (Lipinski definition) is 5. The summed E-state index contributed by atoms with van der Waals surface area (Å²) in [7, 11) is 0. The zero-order valence-electron chi connectivity index (χ0n) is 15.9. The fraction of sp³-hybridized carbons (Fsp3) is 0.273. The van der Waals surface area contributed by atoms with E-state index in [1.807, 2.05) is 30.3 Å². The van der Waals surface area contributed by atoms with Crippen molar-refractivity contribution in [2.75, 3.05) is 13.1 Å². The average Bonchev–Trinajstić information content (AvgIpc) is 3.20. The molecule has 0 aliphatic carbocycles. The van der Waals surface area contributed by atoms with Crippen LogP contribution in [0.25, 0.3) is 11.3 Å². The molecule has 0 unspecified atom stereocenters. The molecule has 0 radical (unpaired) electrons. The summed E-state index contributed by atoms with van der Waals surface area (Å²) >= 11 is 0. The first-order valence-electron chi connectivity index (χ1n) is 9.38. The number of β-amino-alcohol motifs (C(OH)–C–C–N with tert-alkyl or cyclic N) is 1. The zero-order valence-corrected chi connectivity index (χ0v) is 15.9. The first-order chi connectivity index (χ1) is 13.9. The van der Waals surface area contributed by atoms with Crippen LogP contribution in [0.3, 0.4) is 0 Å². The van der Waals surface area contributed by atoms with Gasteiger partial charge in [-0.2, -0.15) is 0 Å². The van der Waals surface area contributed by atoms with Crippen LogP contribution in [0.5, 0.6) is 5.75 Å². The van der Waals surface area contributed by atoms with Gasteiger partial charge in [-0.15, -0.1) is 0 Å². The number of carbonyl (C=O) groups is 1. The van der Waals surface area contributed by atoms with Crippen molar-refractivity contribution < 1.29 is 23.6 Å². The average molecular weight is 396 g/mol. The van der Waals surface area contributed by atoms with E-state index in [4.69, 9.17) is 9.26 Å². The Bertz CT molecular complexity index is 986. The monoisotopic (exact) mass is 396 g/mol. The molecule has 150 valence electrons. The Hall–Kier alpha value is -3.19. The summed E-state index contributed by atoms with van der Waals surface area (Å²) in [5.74, 6) is 0.369. The van der Waals surface area contributed by atoms with E-state index in [9.17, 15) is 14.3 Å². The molecule has 3 aromatic rings. The summed E-state index contributed by atoms with van der Waals surface area (Å²) in [5, 5.41) is 14.7. The highest BCUT2D eigenvalue weighted by Crippen LogP contribution is 2.28. The molecule has 1 N–H and O–H groups in total. The lowest BCUT2D eigenvalue weighted by atomic mass is 9.91. The van der Waals surface area contributed by atoms with E-state index >= 15 is 0 Å². The number of aliphatic hydroxyl groups is 1. The third-order valence-corrected chi connectivity index (χ3v) is 5.03. The molecule has 6 nitrogen and oxygen atoms in total. The van der Waals surface area contributed by atoms with E-state index in [2.05, 4.69) is 5.16 Å². The largest absolute Gasteiger partial charge is 0.487 e. The van der Waals surface area contributed by atoms with Crippen molar-refractivity contribution >= 4 is 5.91 Å². The standard InChI is InChI=1S/C22H21FN2O4/c1-22(27)14-25(12-11-20(22)28-17-5-3-2-4-6-17)21(26)18-13-19(29-24-18)15-7-9-16(23)10-8-15/h2-10,13,20,27H,11-12,14H2,1H3/t20-,22-/m0/s1. The van der Waals surface area contributed by atoms with Gasteiger partial charge in [0.2, 0.25) is 0 Å². The van der Waals surface area contributed by atoms with E-state index in [0.717, 1.165) is 0 Å². The lowest BCUT2D eigenvalue weighted by Gasteiger charge is -2.42. The minimum atomic E-state index is -1.22. The molecule has 2 atom stereocenters. The Balaban J connectivity index is 1.44. The van der Waals surface area contributed by atoms with Crippen LogP contribution in [0.4, 0.5) is 4.39 Å². The Labute approximate surface area is 167 Å². The Morgan fingerprint density at radius 2 is 1.97 bits per heavy atom. The number of benzene rings is 2. The lowest BCUT2D eigenvalue weighted by Crippen LogP contribution is -2.58. The molecule has 1 saturated heterocycles. The molecule has 4 rings (SSSR count). The van der Waals surface area contributed by atoms with Crippen LogP contribution in [0.1, 0.15) is 23.8 Å². The normalized spacial score (nSPS) is 21.8. The number of halogens is 1. The van der Waals surface area contributed by atoms with Crippen molar-refractivity contribution in [2.24, 2.45) is 0 Å². The molecule has 2 aromatic carbocycles. The van der Waals surface area contributed by atoms with E-state index in [-0.39, 0.29) is 24.0 Å². The van der Waals surface area contributed by atoms with E-state index < -0.39 is 11.7 Å². The number of nitrogens with zero attached hydrogens (tertiary/aromatic N) is 2. The number of amides is 1. The van der Waals surface area contributed by atoms with Crippen LogP contribution < -0.4 is 4.74 Å². The van der Waals surface area contributed by atoms with Crippen LogP contribution in [0, 0.1) is 5.82 Å². The third kappa shape index (κ3) is 4.14. The van der Waals surface area contributed by atoms with Gasteiger partial charge in [-0.25, -0.2) is 4.39 Å². The van der Waals surface area contributed by atoms with Gasteiger partial charge in [0.05, 0.1) is 6.54 Å². The molecule has 29 heavy (non-hydrogen) atoms.